The van der Waals surface area contributed by atoms with Crippen molar-refractivity contribution in [2.75, 3.05) is 43.7 Å². The molecule has 0 radical (unpaired) electrons. The maximum atomic E-state index is 14.9. The predicted octanol–water partition coefficient (Wildman–Crippen LogP) is 4.33. The average Bonchev–Trinajstić information content (AvgIpc) is 1.23. The van der Waals surface area contributed by atoms with E-state index in [0.717, 1.165) is 22.9 Å². The highest BCUT2D eigenvalue weighted by molar-refractivity contribution is 8.76. The van der Waals surface area contributed by atoms with Crippen LogP contribution in [0.5, 0.6) is 0 Å². The molecule has 3 heterocycles. The third kappa shape index (κ3) is 18.4. The number of nitrogens with zero attached hydrogens (tertiary/aromatic N) is 5. The van der Waals surface area contributed by atoms with Gasteiger partial charge in [-0.1, -0.05) is 45.6 Å². The highest BCUT2D eigenvalue weighted by atomic mass is 33.1. The fourth-order valence-electron chi connectivity index (χ4n) is 7.99. The van der Waals surface area contributed by atoms with Crippen LogP contribution in [-0.4, -0.2) is 134 Å². The molecule has 0 bridgehead atoms. The van der Waals surface area contributed by atoms with Crippen LogP contribution in [0, 0.1) is 24.2 Å². The zero-order valence-electron chi connectivity index (χ0n) is 43.4. The van der Waals surface area contributed by atoms with E-state index in [0.29, 0.717) is 12.7 Å². The Bertz CT molecular complexity index is 4040. The molecule has 0 spiro atoms. The van der Waals surface area contributed by atoms with Gasteiger partial charge in [-0.25, -0.2) is 27.7 Å². The van der Waals surface area contributed by atoms with Crippen molar-refractivity contribution in [1.82, 2.24) is 20.2 Å². The first-order valence-corrected chi connectivity index (χ1v) is 33.4. The van der Waals surface area contributed by atoms with Gasteiger partial charge in [-0.2, -0.15) is 30.4 Å². The molecule has 2 aliphatic heterocycles. The second kappa shape index (κ2) is 27.7. The zero-order chi connectivity index (χ0) is 63.0. The summed E-state index contributed by atoms with van der Waals surface area (Å²) in [5.41, 5.74) is 11.7. The molecule has 34 nitrogen and oxygen atoms in total. The van der Waals surface area contributed by atoms with Crippen molar-refractivity contribution >= 4 is 99.9 Å². The molecule has 42 heteroatoms. The number of nitrogens with one attached hydrogen (secondary N) is 3. The monoisotopic (exact) mass is 1330 g/mol. The van der Waals surface area contributed by atoms with Crippen molar-refractivity contribution in [2.45, 2.75) is 67.3 Å². The van der Waals surface area contributed by atoms with Crippen LogP contribution in [0.1, 0.15) is 64.3 Å². The van der Waals surface area contributed by atoms with Crippen molar-refractivity contribution in [3.63, 3.8) is 0 Å². The molecule has 460 valence electrons. The van der Waals surface area contributed by atoms with Crippen LogP contribution in [-0.2, 0) is 66.1 Å². The predicted molar refractivity (Wildman–Crippen MR) is 293 cm³/mol. The number of aromatic carboxylic acids is 1. The molecule has 6 rings (SSSR count). The summed E-state index contributed by atoms with van der Waals surface area (Å²) in [7, 11) is -25.2. The molecule has 12 N–H and O–H groups in total. The van der Waals surface area contributed by atoms with Gasteiger partial charge in [-0.3, -0.25) is 33.2 Å². The molecule has 0 saturated carbocycles. The summed E-state index contributed by atoms with van der Waals surface area (Å²) in [5.74, 6) is -1.08. The fourth-order valence-corrected chi connectivity index (χ4v) is 14.2. The van der Waals surface area contributed by atoms with Crippen molar-refractivity contribution in [3.05, 3.63) is 97.2 Å². The van der Waals surface area contributed by atoms with Gasteiger partial charge in [-0.15, -0.1) is 0 Å². The first-order chi connectivity index (χ1) is 39.5. The van der Waals surface area contributed by atoms with Crippen LogP contribution in [0.2, 0.25) is 0 Å². The van der Waals surface area contributed by atoms with Gasteiger partial charge >= 0.3 is 35.1 Å². The molecule has 3 aromatic rings. The zero-order valence-corrected chi connectivity index (χ0v) is 49.3. The molecule has 3 aliphatic rings. The van der Waals surface area contributed by atoms with Crippen LogP contribution in [0.4, 0.5) is 10.2 Å². The lowest BCUT2D eigenvalue weighted by molar-refractivity contribution is -0.178. The summed E-state index contributed by atoms with van der Waals surface area (Å²) in [5, 5.41) is 25.6. The summed E-state index contributed by atoms with van der Waals surface area (Å²) in [6.07, 6.45) is -3.86. The lowest BCUT2D eigenvalue weighted by Crippen LogP contribution is -2.35. The first-order valence-electron chi connectivity index (χ1n) is 23.5. The average molecular weight is 1330 g/mol. The van der Waals surface area contributed by atoms with E-state index in [1.165, 1.54) is 58.8 Å². The Morgan fingerprint density at radius 1 is 1.02 bits per heavy atom. The standard InChI is InChI=1S/C43H47FN9O25P3S4/c1-22-7-9-26-34(27-11-12-29(45)38(85(69,70)71)36(27)75-35(26)37(22)84(66,67)68)28-17-23(8-10-25(28)41(56)57)40(55)49-14-16-82-83-21-72-15-4-6-32(54)48-13-3-5-24-19-53(42(58)50-39(24)46)33-18-30(76-43(2,44)51-52-47)31(74-33)20-73-80(62,63)78-81(64,65)77-79(59,60)61/h7-12,17,19,30-31,33,45H,4,6,13-16,18,20-21H2,1-2H3,(H,48,54)(H,49,55)(H,56,57)(H,62,63)(H,64,65)(H2,46,50,58)(H2,59,60,61)(H,66,67,68)(H,69,70,71)/t30?,31-,33-,43-/m1/s1. The Kier molecular flexibility index (Phi) is 22.1. The summed E-state index contributed by atoms with van der Waals surface area (Å²) in [6.45, 7) is 0.826. The molecule has 1 saturated heterocycles. The minimum Gasteiger partial charge on any atom is -0.478 e. The van der Waals surface area contributed by atoms with Gasteiger partial charge in [0.05, 0.1) is 35.7 Å². The number of alkyl halides is 1. The number of hydrogen-bond donors (Lipinski definition) is 11. The van der Waals surface area contributed by atoms with Gasteiger partial charge in [0.1, 0.15) is 29.0 Å². The number of halogens is 1. The van der Waals surface area contributed by atoms with E-state index in [1.807, 2.05) is 0 Å². The second-order valence-electron chi connectivity index (χ2n) is 17.5. The molecular formula is C43H47FN9O25P3S4. The number of benzene rings is 3. The number of aromatic nitrogens is 2. The molecule has 2 amide bonds. The van der Waals surface area contributed by atoms with Gasteiger partial charge in [0, 0.05) is 71.9 Å². The lowest BCUT2D eigenvalue weighted by atomic mass is 9.89. The number of carbonyl (C=O) groups excluding carboxylic acids is 2. The highest BCUT2D eigenvalue weighted by Gasteiger charge is 2.46. The lowest BCUT2D eigenvalue weighted by Gasteiger charge is -2.24. The molecule has 6 atom stereocenters. The number of carboxylic acids is 1. The number of amides is 2. The number of phosphoric ester groups is 1. The SMILES string of the molecule is Cc1ccc2c(-c3cc(C(=O)NCCSSCOCCCC(=O)NCC#Cc4cn([C@H]5CC(O[C@](C)(F)N=[N+]=[N-])[C@@H](COP(=O)(O)OP(=O)(O)OP(=O)(O)O)O5)c(=O)nc4N)ccc3C(=O)O)c3ccc(=N)c(S(=O)(=O)O)c-3oc2c1S(=O)(=O)O. The third-order valence-electron chi connectivity index (χ3n) is 11.3. The Labute approximate surface area is 485 Å². The number of aryl methyl sites for hydroxylation is 1. The van der Waals surface area contributed by atoms with E-state index in [1.54, 1.807) is 0 Å². The number of nitrogen functional groups attached to an aromatic ring is 1. The van der Waals surface area contributed by atoms with Crippen LogP contribution < -0.4 is 27.4 Å². The number of anilines is 1. The Hall–Kier alpha value is -6.17. The number of rotatable bonds is 27. The third-order valence-corrected chi connectivity index (χ3v) is 19.2. The Morgan fingerprint density at radius 3 is 2.39 bits per heavy atom. The van der Waals surface area contributed by atoms with E-state index < -0.39 is 137 Å². The highest BCUT2D eigenvalue weighted by Crippen LogP contribution is 2.66. The van der Waals surface area contributed by atoms with Crippen LogP contribution in [0.25, 0.3) is 43.9 Å². The minimum absolute atomic E-state index is 0.00733. The maximum Gasteiger partial charge on any atom is 0.490 e. The molecule has 1 fully saturated rings. The van der Waals surface area contributed by atoms with Crippen LogP contribution in [0.3, 0.4) is 0 Å². The first kappa shape index (κ1) is 67.9. The van der Waals surface area contributed by atoms with E-state index >= 15 is 0 Å². The van der Waals surface area contributed by atoms with Gasteiger partial charge in [0.15, 0.2) is 16.2 Å². The number of azide groups is 1. The number of carboxylic acid groups (broad SMARTS) is 1. The van der Waals surface area contributed by atoms with Crippen molar-refractivity contribution in [1.29, 1.82) is 5.41 Å². The smallest absolute Gasteiger partial charge is 0.478 e. The molecule has 2 aromatic carbocycles. The quantitative estimate of drug-likeness (QED) is 0.00298. The van der Waals surface area contributed by atoms with E-state index in [2.05, 4.69) is 50.6 Å². The molecular weight excluding hydrogens is 1280 g/mol. The molecule has 1 aromatic heterocycles. The number of ether oxygens (including phenoxy) is 3. The largest absolute Gasteiger partial charge is 0.490 e. The van der Waals surface area contributed by atoms with Crippen molar-refractivity contribution in [2.24, 2.45) is 5.11 Å². The van der Waals surface area contributed by atoms with Crippen molar-refractivity contribution < 1.29 is 115 Å². The number of hydrogen-bond acceptors (Lipinski definition) is 24. The van der Waals surface area contributed by atoms with Crippen molar-refractivity contribution in [3.8, 4) is 34.3 Å². The van der Waals surface area contributed by atoms with E-state index in [-0.39, 0.29) is 83.1 Å². The van der Waals surface area contributed by atoms with Crippen LogP contribution in [0.15, 0.2) is 72.8 Å². The van der Waals surface area contributed by atoms with Gasteiger partial charge in [0.25, 0.3) is 32.1 Å². The molecule has 3 unspecified atom stereocenters. The Balaban J connectivity index is 0.982. The van der Waals surface area contributed by atoms with Gasteiger partial charge < -0.3 is 59.7 Å². The summed E-state index contributed by atoms with van der Waals surface area (Å²) < 4.78 is 155. The van der Waals surface area contributed by atoms with Gasteiger partial charge in [-0.05, 0) is 65.4 Å². The fraction of sp³-hybridized carbons (Fsp3) is 0.349. The number of phosphoric acid groups is 3. The number of fused-ring (bicyclic) bond motifs is 2. The summed E-state index contributed by atoms with van der Waals surface area (Å²) in [6, 6.07) is 8.23. The maximum absolute atomic E-state index is 14.9. The topological polar surface area (TPSA) is 538 Å². The van der Waals surface area contributed by atoms with E-state index in [9.17, 15) is 78.1 Å². The number of carbonyl (C=O) groups is 3. The van der Waals surface area contributed by atoms with E-state index in [4.69, 9.17) is 45.1 Å². The Morgan fingerprint density at radius 2 is 1.73 bits per heavy atom. The second-order valence-corrected chi connectivity index (χ2v) is 27.2. The summed E-state index contributed by atoms with van der Waals surface area (Å²) in [4.78, 5) is 92.4. The van der Waals surface area contributed by atoms with Crippen LogP contribution >= 0.6 is 45.1 Å². The molecule has 1 aliphatic carbocycles. The minimum atomic E-state index is -5.93. The summed E-state index contributed by atoms with van der Waals surface area (Å²) >= 11 is 0. The molecule has 85 heavy (non-hydrogen) atoms. The normalized spacial score (nSPS) is 17.6. The number of nitrogens with two attached hydrogens (primary N) is 1. The van der Waals surface area contributed by atoms with Gasteiger partial charge in [0.2, 0.25) is 5.91 Å².